The van der Waals surface area contributed by atoms with Gasteiger partial charge in [0.1, 0.15) is 23.9 Å². The maximum atomic E-state index is 13.8. The molecule has 4 unspecified atom stereocenters. The van der Waals surface area contributed by atoms with Crippen LogP contribution in [0.15, 0.2) is 59.7 Å². The van der Waals surface area contributed by atoms with Crippen molar-refractivity contribution in [3.8, 4) is 5.75 Å². The number of phenolic OH excluding ortho intramolecular Hbond substituents is 1. The van der Waals surface area contributed by atoms with Crippen LogP contribution in [0.25, 0.3) is 10.9 Å². The van der Waals surface area contributed by atoms with Gasteiger partial charge >= 0.3 is 5.97 Å². The molecule has 2 aromatic carbocycles. The monoisotopic (exact) mass is 651 g/mol. The van der Waals surface area contributed by atoms with Crippen LogP contribution in [-0.4, -0.2) is 82.1 Å². The number of guanidine groups is 1. The van der Waals surface area contributed by atoms with Gasteiger partial charge in [-0.1, -0.05) is 36.8 Å². The summed E-state index contributed by atoms with van der Waals surface area (Å²) in [7, 11) is 0. The molecule has 3 aromatic rings. The van der Waals surface area contributed by atoms with Crippen molar-refractivity contribution < 1.29 is 29.4 Å². The number of amides is 3. The van der Waals surface area contributed by atoms with E-state index in [1.807, 2.05) is 24.3 Å². The number of phenols is 1. The van der Waals surface area contributed by atoms with Crippen molar-refractivity contribution in [2.45, 2.75) is 69.1 Å². The summed E-state index contributed by atoms with van der Waals surface area (Å²) in [6.07, 6.45) is 3.80. The molecule has 0 aliphatic heterocycles. The Hall–Kier alpha value is -5.15. The zero-order valence-corrected chi connectivity index (χ0v) is 26.2. The highest BCUT2D eigenvalue weighted by Gasteiger charge is 2.31. The van der Waals surface area contributed by atoms with Crippen LogP contribution in [0.3, 0.4) is 0 Å². The lowest BCUT2D eigenvalue weighted by Crippen LogP contribution is -2.57. The largest absolute Gasteiger partial charge is 0.508 e. The summed E-state index contributed by atoms with van der Waals surface area (Å²) in [4.78, 5) is 59.6. The van der Waals surface area contributed by atoms with Crippen molar-refractivity contribution in [1.82, 2.24) is 20.9 Å². The Morgan fingerprint density at radius 1 is 0.809 bits per heavy atom. The average Bonchev–Trinajstić information content (AvgIpc) is 3.45. The highest BCUT2D eigenvalue weighted by Crippen LogP contribution is 2.20. The number of para-hydroxylation sites is 1. The molecule has 0 bridgehead atoms. The number of nitrogens with zero attached hydrogens (tertiary/aromatic N) is 1. The first-order valence-corrected chi connectivity index (χ1v) is 15.5. The lowest BCUT2D eigenvalue weighted by atomic mass is 10.0. The minimum absolute atomic E-state index is 0.0130. The zero-order chi connectivity index (χ0) is 34.3. The molecule has 4 atom stereocenters. The van der Waals surface area contributed by atoms with E-state index < -0.39 is 47.9 Å². The summed E-state index contributed by atoms with van der Waals surface area (Å²) < 4.78 is 0. The SMILES string of the molecule is NCCCCC(N)C(=O)NC(Cc1c[nH]c2ccccc12)C(=O)NC(CCCN=C(N)N)C(=O)NC(Cc1ccc(O)cc1)C(=O)O. The molecule has 3 amide bonds. The van der Waals surface area contributed by atoms with E-state index in [1.54, 1.807) is 18.3 Å². The molecule has 0 aliphatic carbocycles. The molecule has 0 fully saturated rings. The van der Waals surface area contributed by atoms with Crippen LogP contribution in [0.2, 0.25) is 0 Å². The van der Waals surface area contributed by atoms with Crippen LogP contribution >= 0.6 is 0 Å². The number of aliphatic carboxylic acids is 1. The number of unbranched alkanes of at least 4 members (excludes halogenated alkanes) is 1. The average molecular weight is 652 g/mol. The summed E-state index contributed by atoms with van der Waals surface area (Å²) >= 11 is 0. The predicted molar refractivity (Wildman–Crippen MR) is 178 cm³/mol. The number of aromatic amines is 1. The predicted octanol–water partition coefficient (Wildman–Crippen LogP) is -0.292. The molecule has 0 aliphatic rings. The fourth-order valence-corrected chi connectivity index (χ4v) is 5.03. The Morgan fingerprint density at radius 3 is 2.15 bits per heavy atom. The first-order chi connectivity index (χ1) is 22.5. The van der Waals surface area contributed by atoms with E-state index in [2.05, 4.69) is 25.9 Å². The molecule has 3 rings (SSSR count). The Kier molecular flexibility index (Phi) is 14.0. The van der Waals surface area contributed by atoms with Gasteiger partial charge in [-0.25, -0.2) is 4.79 Å². The van der Waals surface area contributed by atoms with E-state index in [1.165, 1.54) is 12.1 Å². The minimum Gasteiger partial charge on any atom is -0.508 e. The van der Waals surface area contributed by atoms with Gasteiger partial charge in [0, 0.05) is 36.5 Å². The first kappa shape index (κ1) is 36.3. The number of carboxylic acids is 1. The zero-order valence-electron chi connectivity index (χ0n) is 26.2. The molecule has 0 radical (unpaired) electrons. The van der Waals surface area contributed by atoms with Crippen molar-refractivity contribution in [1.29, 1.82) is 0 Å². The fourth-order valence-electron chi connectivity index (χ4n) is 5.03. The van der Waals surface area contributed by atoms with Gasteiger partial charge in [0.2, 0.25) is 17.7 Å². The molecular weight excluding hydrogens is 606 g/mol. The van der Waals surface area contributed by atoms with E-state index in [9.17, 15) is 29.4 Å². The highest BCUT2D eigenvalue weighted by molar-refractivity contribution is 5.95. The molecule has 254 valence electrons. The number of fused-ring (bicyclic) bond motifs is 1. The molecule has 1 heterocycles. The number of nitrogens with two attached hydrogens (primary N) is 4. The van der Waals surface area contributed by atoms with E-state index >= 15 is 0 Å². The van der Waals surface area contributed by atoms with Crippen molar-refractivity contribution in [2.75, 3.05) is 13.1 Å². The van der Waals surface area contributed by atoms with Crippen LogP contribution in [0.4, 0.5) is 0 Å². The van der Waals surface area contributed by atoms with Gasteiger partial charge in [0.25, 0.3) is 0 Å². The van der Waals surface area contributed by atoms with Crippen molar-refractivity contribution in [2.24, 2.45) is 27.9 Å². The third-order valence-electron chi connectivity index (χ3n) is 7.61. The van der Waals surface area contributed by atoms with Crippen molar-refractivity contribution in [3.05, 3.63) is 65.9 Å². The number of rotatable bonds is 19. The van der Waals surface area contributed by atoms with E-state index in [4.69, 9.17) is 22.9 Å². The van der Waals surface area contributed by atoms with Gasteiger partial charge in [-0.2, -0.15) is 0 Å². The van der Waals surface area contributed by atoms with Crippen LogP contribution in [-0.2, 0) is 32.0 Å². The van der Waals surface area contributed by atoms with Gasteiger partial charge in [-0.3, -0.25) is 19.4 Å². The quantitative estimate of drug-likeness (QED) is 0.0459. The lowest BCUT2D eigenvalue weighted by Gasteiger charge is -2.25. The summed E-state index contributed by atoms with van der Waals surface area (Å²) in [5.41, 5.74) is 24.7. The molecule has 1 aromatic heterocycles. The number of nitrogens with one attached hydrogen (secondary N) is 4. The second kappa shape index (κ2) is 18.1. The number of benzene rings is 2. The number of hydrogen-bond acceptors (Lipinski definition) is 8. The molecule has 0 spiro atoms. The Bertz CT molecular complexity index is 1520. The van der Waals surface area contributed by atoms with Crippen LogP contribution in [0.5, 0.6) is 5.75 Å². The Morgan fingerprint density at radius 2 is 1.47 bits per heavy atom. The summed E-state index contributed by atoms with van der Waals surface area (Å²) in [5.74, 6) is -3.35. The van der Waals surface area contributed by atoms with Crippen LogP contribution in [0, 0.1) is 0 Å². The summed E-state index contributed by atoms with van der Waals surface area (Å²) in [6, 6.07) is 8.87. The Balaban J connectivity index is 1.83. The topological polar surface area (TPSA) is 277 Å². The molecule has 15 nitrogen and oxygen atoms in total. The third-order valence-corrected chi connectivity index (χ3v) is 7.61. The second-order valence-corrected chi connectivity index (χ2v) is 11.3. The number of aromatic nitrogens is 1. The van der Waals surface area contributed by atoms with Crippen molar-refractivity contribution in [3.63, 3.8) is 0 Å². The van der Waals surface area contributed by atoms with Gasteiger partial charge in [0.15, 0.2) is 5.96 Å². The number of carboxylic acid groups (broad SMARTS) is 1. The number of aliphatic imine (C=N–C) groups is 1. The first-order valence-electron chi connectivity index (χ1n) is 15.5. The van der Waals surface area contributed by atoms with Crippen LogP contribution in [0.1, 0.15) is 43.2 Å². The molecule has 0 saturated carbocycles. The third kappa shape index (κ3) is 11.6. The molecular formula is C32H45N9O6. The van der Waals surface area contributed by atoms with Gasteiger partial charge in [-0.15, -0.1) is 0 Å². The van der Waals surface area contributed by atoms with Gasteiger partial charge in [-0.05, 0) is 61.6 Å². The number of carbonyl (C=O) groups is 4. The van der Waals surface area contributed by atoms with Gasteiger partial charge < -0.3 is 54.1 Å². The Labute approximate surface area is 272 Å². The standard InChI is InChI=1S/C32H45N9O6/c33-14-4-3-7-23(34)28(43)40-26(17-20-18-38-24-8-2-1-6-22(20)24)30(45)39-25(9-5-15-37-32(35)36)29(44)41-27(31(46)47)16-19-10-12-21(42)13-11-19/h1-2,6,8,10-13,18,23,25-27,38,42H,3-5,7,9,14-17,33-34H2,(H,39,45)(H,40,43)(H,41,44)(H,46,47)(H4,35,36,37). The number of H-pyrrole nitrogens is 1. The maximum Gasteiger partial charge on any atom is 0.326 e. The normalized spacial score (nSPS) is 13.6. The maximum absolute atomic E-state index is 13.8. The van der Waals surface area contributed by atoms with E-state index in [-0.39, 0.29) is 43.9 Å². The molecule has 0 saturated heterocycles. The molecule has 14 N–H and O–H groups in total. The highest BCUT2D eigenvalue weighted by atomic mass is 16.4. The minimum atomic E-state index is -1.34. The fraction of sp³-hybridized carbons (Fsp3) is 0.406. The number of hydrogen-bond donors (Lipinski definition) is 10. The molecule has 47 heavy (non-hydrogen) atoms. The van der Waals surface area contributed by atoms with E-state index in [0.717, 1.165) is 16.5 Å². The second-order valence-electron chi connectivity index (χ2n) is 11.3. The van der Waals surface area contributed by atoms with Crippen LogP contribution < -0.4 is 38.9 Å². The number of carbonyl (C=O) groups excluding carboxylic acids is 3. The van der Waals surface area contributed by atoms with Crippen molar-refractivity contribution >= 4 is 40.6 Å². The summed E-state index contributed by atoms with van der Waals surface area (Å²) in [5, 5.41) is 28.2. The smallest absolute Gasteiger partial charge is 0.326 e. The lowest BCUT2D eigenvalue weighted by molar-refractivity contribution is -0.142. The molecule has 15 heteroatoms. The van der Waals surface area contributed by atoms with E-state index in [0.29, 0.717) is 31.4 Å². The van der Waals surface area contributed by atoms with Gasteiger partial charge in [0.05, 0.1) is 6.04 Å². The number of aromatic hydroxyl groups is 1. The summed E-state index contributed by atoms with van der Waals surface area (Å²) in [6.45, 7) is 0.620.